The molecule has 4 rings (SSSR count). The number of hydrogen-bond acceptors (Lipinski definition) is 4. The number of fused-ring (bicyclic) bond motifs is 1. The van der Waals surface area contributed by atoms with Crippen molar-refractivity contribution in [1.82, 2.24) is 15.5 Å². The van der Waals surface area contributed by atoms with Crippen molar-refractivity contribution in [3.05, 3.63) is 59.7 Å². The maximum atomic E-state index is 5.43. The van der Waals surface area contributed by atoms with Crippen molar-refractivity contribution < 1.29 is 4.52 Å². The summed E-state index contributed by atoms with van der Waals surface area (Å²) in [7, 11) is 0. The topological polar surface area (TPSA) is 51.0 Å². The Morgan fingerprint density at radius 3 is 2.95 bits per heavy atom. The first-order chi connectivity index (χ1) is 10.4. The summed E-state index contributed by atoms with van der Waals surface area (Å²) < 4.78 is 5.43. The third-order valence-corrected chi connectivity index (χ3v) is 4.12. The Hall–Kier alpha value is -2.20. The summed E-state index contributed by atoms with van der Waals surface area (Å²) in [5, 5.41) is 9.98. The van der Waals surface area contributed by atoms with Crippen LogP contribution >= 0.6 is 0 Å². The molecule has 0 saturated carbocycles. The lowest BCUT2D eigenvalue weighted by Gasteiger charge is -2.03. The van der Waals surface area contributed by atoms with E-state index in [0.29, 0.717) is 12.3 Å². The Morgan fingerprint density at radius 2 is 2.05 bits per heavy atom. The molecule has 21 heavy (non-hydrogen) atoms. The van der Waals surface area contributed by atoms with Crippen LogP contribution in [0.2, 0.25) is 0 Å². The normalized spacial score (nSPS) is 18.4. The summed E-state index contributed by atoms with van der Waals surface area (Å²) in [6.07, 6.45) is 1.79. The SMILES string of the molecule is c1ccc2c(Cc3noc([C@H]4CCNC4)n3)cccc2c1. The smallest absolute Gasteiger partial charge is 0.231 e. The minimum Gasteiger partial charge on any atom is -0.339 e. The zero-order valence-electron chi connectivity index (χ0n) is 11.7. The van der Waals surface area contributed by atoms with E-state index in [4.69, 9.17) is 4.52 Å². The fourth-order valence-corrected chi connectivity index (χ4v) is 2.99. The molecule has 2 aromatic carbocycles. The predicted octanol–water partition coefficient (Wildman–Crippen LogP) is 2.89. The van der Waals surface area contributed by atoms with Gasteiger partial charge in [0.05, 0.1) is 5.92 Å². The van der Waals surface area contributed by atoms with Crippen LogP contribution in [0.4, 0.5) is 0 Å². The van der Waals surface area contributed by atoms with Gasteiger partial charge in [0, 0.05) is 13.0 Å². The standard InChI is InChI=1S/C17H17N3O/c1-2-7-15-12(4-1)5-3-6-13(15)10-16-19-17(21-20-16)14-8-9-18-11-14/h1-7,14,18H,8-11H2/t14-/m0/s1. The van der Waals surface area contributed by atoms with Gasteiger partial charge in [-0.25, -0.2) is 0 Å². The summed E-state index contributed by atoms with van der Waals surface area (Å²) in [6, 6.07) is 14.8. The van der Waals surface area contributed by atoms with Gasteiger partial charge in [-0.2, -0.15) is 4.98 Å². The molecule has 0 bridgehead atoms. The zero-order valence-corrected chi connectivity index (χ0v) is 11.7. The molecule has 0 amide bonds. The van der Waals surface area contributed by atoms with Crippen molar-refractivity contribution in [3.8, 4) is 0 Å². The highest BCUT2D eigenvalue weighted by Gasteiger charge is 2.22. The van der Waals surface area contributed by atoms with Gasteiger partial charge in [0.25, 0.3) is 0 Å². The van der Waals surface area contributed by atoms with Gasteiger partial charge in [-0.1, -0.05) is 47.6 Å². The van der Waals surface area contributed by atoms with Gasteiger partial charge in [-0.3, -0.25) is 0 Å². The molecule has 1 aliphatic heterocycles. The second-order valence-electron chi connectivity index (χ2n) is 5.55. The molecule has 2 heterocycles. The minimum atomic E-state index is 0.374. The molecule has 1 aromatic heterocycles. The first-order valence-electron chi connectivity index (χ1n) is 7.40. The van der Waals surface area contributed by atoms with Gasteiger partial charge >= 0.3 is 0 Å². The monoisotopic (exact) mass is 279 g/mol. The molecule has 4 heteroatoms. The molecule has 1 aliphatic rings. The first-order valence-corrected chi connectivity index (χ1v) is 7.40. The van der Waals surface area contributed by atoms with Gasteiger partial charge < -0.3 is 9.84 Å². The van der Waals surface area contributed by atoms with Crippen molar-refractivity contribution in [1.29, 1.82) is 0 Å². The fourth-order valence-electron chi connectivity index (χ4n) is 2.99. The van der Waals surface area contributed by atoms with E-state index < -0.39 is 0 Å². The number of hydrogen-bond donors (Lipinski definition) is 1. The van der Waals surface area contributed by atoms with Crippen LogP contribution in [0, 0.1) is 0 Å². The average Bonchev–Trinajstić information content (AvgIpc) is 3.18. The molecule has 0 spiro atoms. The number of benzene rings is 2. The molecular formula is C17H17N3O. The Kier molecular flexibility index (Phi) is 3.16. The largest absolute Gasteiger partial charge is 0.339 e. The molecule has 0 unspecified atom stereocenters. The Morgan fingerprint density at radius 1 is 1.14 bits per heavy atom. The van der Waals surface area contributed by atoms with E-state index in [-0.39, 0.29) is 0 Å². The summed E-state index contributed by atoms with van der Waals surface area (Å²) >= 11 is 0. The van der Waals surface area contributed by atoms with E-state index in [9.17, 15) is 0 Å². The maximum absolute atomic E-state index is 5.43. The number of nitrogens with zero attached hydrogens (tertiary/aromatic N) is 2. The lowest BCUT2D eigenvalue weighted by atomic mass is 10.0. The first kappa shape index (κ1) is 12.5. The van der Waals surface area contributed by atoms with Crippen molar-refractivity contribution in [2.45, 2.75) is 18.8 Å². The molecule has 1 atom stereocenters. The van der Waals surface area contributed by atoms with E-state index in [2.05, 4.69) is 57.9 Å². The van der Waals surface area contributed by atoms with E-state index in [0.717, 1.165) is 31.2 Å². The number of rotatable bonds is 3. The predicted molar refractivity (Wildman–Crippen MR) is 81.3 cm³/mol. The highest BCUT2D eigenvalue weighted by Crippen LogP contribution is 2.23. The lowest BCUT2D eigenvalue weighted by Crippen LogP contribution is -2.08. The van der Waals surface area contributed by atoms with Crippen molar-refractivity contribution >= 4 is 10.8 Å². The molecular weight excluding hydrogens is 262 g/mol. The van der Waals surface area contributed by atoms with Crippen LogP contribution in [0.3, 0.4) is 0 Å². The van der Waals surface area contributed by atoms with Crippen LogP contribution < -0.4 is 5.32 Å². The van der Waals surface area contributed by atoms with Crippen molar-refractivity contribution in [3.63, 3.8) is 0 Å². The molecule has 1 fully saturated rings. The van der Waals surface area contributed by atoms with Crippen LogP contribution in [0.25, 0.3) is 10.8 Å². The highest BCUT2D eigenvalue weighted by atomic mass is 16.5. The minimum absolute atomic E-state index is 0.374. The molecule has 0 aliphatic carbocycles. The number of aromatic nitrogens is 2. The summed E-state index contributed by atoms with van der Waals surface area (Å²) in [6.45, 7) is 1.97. The van der Waals surface area contributed by atoms with Crippen molar-refractivity contribution in [2.75, 3.05) is 13.1 Å². The third-order valence-electron chi connectivity index (χ3n) is 4.12. The lowest BCUT2D eigenvalue weighted by molar-refractivity contribution is 0.355. The Bertz CT molecular complexity index is 754. The summed E-state index contributed by atoms with van der Waals surface area (Å²) in [5.41, 5.74) is 1.24. The van der Waals surface area contributed by atoms with Crippen LogP contribution in [0.1, 0.15) is 29.6 Å². The Labute approximate surface area is 123 Å². The van der Waals surface area contributed by atoms with Crippen molar-refractivity contribution in [2.24, 2.45) is 0 Å². The second-order valence-corrected chi connectivity index (χ2v) is 5.55. The summed E-state index contributed by atoms with van der Waals surface area (Å²) in [5.74, 6) is 1.92. The zero-order chi connectivity index (χ0) is 14.1. The second kappa shape index (κ2) is 5.30. The van der Waals surface area contributed by atoms with Gasteiger partial charge in [0.1, 0.15) is 0 Å². The highest BCUT2D eigenvalue weighted by molar-refractivity contribution is 5.85. The van der Waals surface area contributed by atoms with Crippen LogP contribution in [-0.4, -0.2) is 23.2 Å². The molecule has 1 saturated heterocycles. The molecule has 1 N–H and O–H groups in total. The van der Waals surface area contributed by atoms with Gasteiger partial charge in [-0.05, 0) is 29.3 Å². The maximum Gasteiger partial charge on any atom is 0.231 e. The average molecular weight is 279 g/mol. The van der Waals surface area contributed by atoms with Crippen LogP contribution in [0.5, 0.6) is 0 Å². The van der Waals surface area contributed by atoms with Crippen LogP contribution in [-0.2, 0) is 6.42 Å². The van der Waals surface area contributed by atoms with E-state index in [1.165, 1.54) is 16.3 Å². The van der Waals surface area contributed by atoms with E-state index in [1.54, 1.807) is 0 Å². The molecule has 4 nitrogen and oxygen atoms in total. The summed E-state index contributed by atoms with van der Waals surface area (Å²) in [4.78, 5) is 4.58. The van der Waals surface area contributed by atoms with Gasteiger partial charge in [-0.15, -0.1) is 0 Å². The fraction of sp³-hybridized carbons (Fsp3) is 0.294. The molecule has 3 aromatic rings. The quantitative estimate of drug-likeness (QED) is 0.801. The molecule has 106 valence electrons. The van der Waals surface area contributed by atoms with Gasteiger partial charge in [0.2, 0.25) is 5.89 Å². The Balaban J connectivity index is 1.62. The van der Waals surface area contributed by atoms with Gasteiger partial charge in [0.15, 0.2) is 5.82 Å². The molecule has 0 radical (unpaired) electrons. The van der Waals surface area contributed by atoms with Crippen LogP contribution in [0.15, 0.2) is 47.0 Å². The number of nitrogens with one attached hydrogen (secondary N) is 1. The third kappa shape index (κ3) is 2.43. The van der Waals surface area contributed by atoms with E-state index in [1.807, 2.05) is 0 Å². The van der Waals surface area contributed by atoms with E-state index >= 15 is 0 Å².